The van der Waals surface area contributed by atoms with Crippen molar-refractivity contribution in [2.45, 2.75) is 57.4 Å². The molecule has 2 amide bonds. The van der Waals surface area contributed by atoms with Crippen LogP contribution in [-0.2, 0) is 16.0 Å². The van der Waals surface area contributed by atoms with E-state index < -0.39 is 11.5 Å². The van der Waals surface area contributed by atoms with E-state index in [1.54, 1.807) is 25.2 Å². The zero-order valence-electron chi connectivity index (χ0n) is 15.5. The second kappa shape index (κ2) is 8.83. The molecule has 0 heterocycles. The summed E-state index contributed by atoms with van der Waals surface area (Å²) in [5, 5.41) is 15.0. The van der Waals surface area contributed by atoms with Gasteiger partial charge >= 0.3 is 5.97 Å². The number of carboxylic acids is 1. The summed E-state index contributed by atoms with van der Waals surface area (Å²) in [5.74, 6) is -0.824. The molecule has 6 nitrogen and oxygen atoms in total. The van der Waals surface area contributed by atoms with Gasteiger partial charge < -0.3 is 15.7 Å². The van der Waals surface area contributed by atoms with Crippen molar-refractivity contribution in [1.82, 2.24) is 10.6 Å². The monoisotopic (exact) mass is 360 g/mol. The van der Waals surface area contributed by atoms with Crippen molar-refractivity contribution in [3.63, 3.8) is 0 Å². The molecular weight excluding hydrogens is 332 g/mol. The highest BCUT2D eigenvalue weighted by atomic mass is 16.4. The van der Waals surface area contributed by atoms with Gasteiger partial charge in [-0.1, -0.05) is 25.5 Å². The van der Waals surface area contributed by atoms with Crippen LogP contribution in [0.2, 0.25) is 0 Å². The number of nitrogens with one attached hydrogen (secondary N) is 2. The molecule has 0 aliphatic heterocycles. The second-order valence-electron chi connectivity index (χ2n) is 7.07. The molecule has 1 aromatic carbocycles. The molecule has 3 N–H and O–H groups in total. The minimum Gasteiger partial charge on any atom is -0.480 e. The molecule has 0 saturated heterocycles. The van der Waals surface area contributed by atoms with Gasteiger partial charge in [0.2, 0.25) is 5.91 Å². The number of carbonyl (C=O) groups excluding carboxylic acids is 2. The Morgan fingerprint density at radius 1 is 1.23 bits per heavy atom. The van der Waals surface area contributed by atoms with Gasteiger partial charge in [0.05, 0.1) is 0 Å². The Morgan fingerprint density at radius 3 is 2.50 bits per heavy atom. The highest BCUT2D eigenvalue weighted by molar-refractivity contribution is 5.94. The van der Waals surface area contributed by atoms with Gasteiger partial charge in [0.15, 0.2) is 0 Å². The maximum absolute atomic E-state index is 12.4. The van der Waals surface area contributed by atoms with Crippen molar-refractivity contribution in [3.8, 4) is 0 Å². The number of carbonyl (C=O) groups is 3. The first-order chi connectivity index (χ1) is 12.4. The van der Waals surface area contributed by atoms with E-state index in [4.69, 9.17) is 0 Å². The highest BCUT2D eigenvalue weighted by Crippen LogP contribution is 2.34. The minimum atomic E-state index is -1.13. The Hall–Kier alpha value is -2.37. The fraction of sp³-hybridized carbons (Fsp3) is 0.550. The van der Waals surface area contributed by atoms with Crippen molar-refractivity contribution in [2.24, 2.45) is 5.92 Å². The molecule has 1 saturated carbocycles. The van der Waals surface area contributed by atoms with Crippen LogP contribution in [0.3, 0.4) is 0 Å². The van der Waals surface area contributed by atoms with Gasteiger partial charge in [0.1, 0.15) is 5.54 Å². The van der Waals surface area contributed by atoms with E-state index in [0.29, 0.717) is 30.7 Å². The van der Waals surface area contributed by atoms with Gasteiger partial charge in [-0.15, -0.1) is 0 Å². The highest BCUT2D eigenvalue weighted by Gasteiger charge is 2.42. The van der Waals surface area contributed by atoms with E-state index in [0.717, 1.165) is 24.8 Å². The van der Waals surface area contributed by atoms with Crippen LogP contribution in [0.5, 0.6) is 0 Å². The molecule has 1 fully saturated rings. The molecular formula is C20H28N2O4. The maximum atomic E-state index is 12.4. The van der Waals surface area contributed by atoms with Crippen molar-refractivity contribution in [3.05, 3.63) is 35.4 Å². The van der Waals surface area contributed by atoms with E-state index in [-0.39, 0.29) is 18.2 Å². The van der Waals surface area contributed by atoms with Crippen LogP contribution >= 0.6 is 0 Å². The summed E-state index contributed by atoms with van der Waals surface area (Å²) in [6.45, 7) is 2.12. The quantitative estimate of drug-likeness (QED) is 0.696. The maximum Gasteiger partial charge on any atom is 0.329 e. The smallest absolute Gasteiger partial charge is 0.329 e. The van der Waals surface area contributed by atoms with Crippen LogP contribution in [0.1, 0.15) is 61.4 Å². The zero-order chi connectivity index (χ0) is 19.2. The molecule has 0 radical (unpaired) electrons. The third-order valence-electron chi connectivity index (χ3n) is 5.38. The number of benzene rings is 1. The summed E-state index contributed by atoms with van der Waals surface area (Å²) in [6.07, 6.45) is 4.34. The van der Waals surface area contributed by atoms with Crippen molar-refractivity contribution in [2.75, 3.05) is 7.05 Å². The number of rotatable bonds is 7. The third kappa shape index (κ3) is 4.84. The molecule has 0 atom stereocenters. The van der Waals surface area contributed by atoms with Crippen LogP contribution in [0, 0.1) is 5.92 Å². The second-order valence-corrected chi connectivity index (χ2v) is 7.07. The Balaban J connectivity index is 1.95. The van der Waals surface area contributed by atoms with Crippen LogP contribution in [-0.4, -0.2) is 35.5 Å². The molecule has 1 aliphatic rings. The summed E-state index contributed by atoms with van der Waals surface area (Å²) in [6, 6.07) is 7.11. The number of carboxylic acid groups (broad SMARTS) is 1. The number of hydrogen-bond acceptors (Lipinski definition) is 3. The van der Waals surface area contributed by atoms with Crippen LogP contribution < -0.4 is 10.6 Å². The standard InChI is InChI=1S/C20H28N2O4/c1-3-14-9-11-20(12-10-14,19(25)26)22-17(23)8-7-15-5-4-6-16(13-15)18(24)21-2/h4-6,13-14H,3,7-12H2,1-2H3,(H,21,24)(H,22,23)(H,25,26). The average Bonchev–Trinajstić information content (AvgIpc) is 2.66. The van der Waals surface area contributed by atoms with Crippen molar-refractivity contribution in [1.29, 1.82) is 0 Å². The Kier molecular flexibility index (Phi) is 6.77. The van der Waals surface area contributed by atoms with Gasteiger partial charge in [-0.2, -0.15) is 0 Å². The lowest BCUT2D eigenvalue weighted by molar-refractivity contribution is -0.149. The molecule has 0 unspecified atom stereocenters. The lowest BCUT2D eigenvalue weighted by Gasteiger charge is -2.37. The molecule has 1 aromatic rings. The molecule has 0 bridgehead atoms. The normalized spacial score (nSPS) is 22.5. The van der Waals surface area contributed by atoms with Crippen molar-refractivity contribution < 1.29 is 19.5 Å². The number of hydrogen-bond donors (Lipinski definition) is 3. The van der Waals surface area contributed by atoms with E-state index in [2.05, 4.69) is 17.6 Å². The lowest BCUT2D eigenvalue weighted by atomic mass is 9.75. The van der Waals surface area contributed by atoms with Gasteiger partial charge in [-0.25, -0.2) is 4.79 Å². The zero-order valence-corrected chi connectivity index (χ0v) is 15.5. The molecule has 142 valence electrons. The Bertz CT molecular complexity index is 664. The van der Waals surface area contributed by atoms with Gasteiger partial charge in [0.25, 0.3) is 5.91 Å². The predicted octanol–water partition coefficient (Wildman–Crippen LogP) is 2.52. The SMILES string of the molecule is CCC1CCC(NC(=O)CCc2cccc(C(=O)NC)c2)(C(=O)O)CC1. The third-order valence-corrected chi connectivity index (χ3v) is 5.38. The minimum absolute atomic E-state index is 0.172. The predicted molar refractivity (Wildman–Crippen MR) is 98.9 cm³/mol. The topological polar surface area (TPSA) is 95.5 Å². The first kappa shape index (κ1) is 19.9. The summed E-state index contributed by atoms with van der Waals surface area (Å²) >= 11 is 0. The van der Waals surface area contributed by atoms with E-state index >= 15 is 0 Å². The van der Waals surface area contributed by atoms with Crippen molar-refractivity contribution >= 4 is 17.8 Å². The summed E-state index contributed by atoms with van der Waals surface area (Å²) in [7, 11) is 1.57. The fourth-order valence-electron chi connectivity index (χ4n) is 3.57. The van der Waals surface area contributed by atoms with Crippen LogP contribution in [0.15, 0.2) is 24.3 Å². The average molecular weight is 360 g/mol. The van der Waals surface area contributed by atoms with Crippen LogP contribution in [0.4, 0.5) is 0 Å². The Labute approximate surface area is 154 Å². The van der Waals surface area contributed by atoms with Gasteiger partial charge in [-0.05, 0) is 55.7 Å². The molecule has 26 heavy (non-hydrogen) atoms. The fourth-order valence-corrected chi connectivity index (χ4v) is 3.57. The lowest BCUT2D eigenvalue weighted by Crippen LogP contribution is -2.56. The van der Waals surface area contributed by atoms with Crippen LogP contribution in [0.25, 0.3) is 0 Å². The molecule has 1 aliphatic carbocycles. The Morgan fingerprint density at radius 2 is 1.92 bits per heavy atom. The van der Waals surface area contributed by atoms with E-state index in [1.807, 2.05) is 6.07 Å². The van der Waals surface area contributed by atoms with E-state index in [9.17, 15) is 19.5 Å². The summed E-state index contributed by atoms with van der Waals surface area (Å²) in [4.78, 5) is 35.8. The van der Waals surface area contributed by atoms with Gasteiger partial charge in [-0.3, -0.25) is 9.59 Å². The number of amides is 2. The molecule has 0 spiro atoms. The van der Waals surface area contributed by atoms with E-state index in [1.165, 1.54) is 0 Å². The largest absolute Gasteiger partial charge is 0.480 e. The first-order valence-electron chi connectivity index (χ1n) is 9.25. The number of aryl methyl sites for hydroxylation is 1. The van der Waals surface area contributed by atoms with Gasteiger partial charge in [0, 0.05) is 19.0 Å². The molecule has 2 rings (SSSR count). The molecule has 6 heteroatoms. The summed E-state index contributed by atoms with van der Waals surface area (Å²) < 4.78 is 0. The number of aliphatic carboxylic acids is 1. The molecule has 0 aromatic heterocycles. The summed E-state index contributed by atoms with van der Waals surface area (Å²) in [5.41, 5.74) is 0.290. The first-order valence-corrected chi connectivity index (χ1v) is 9.25.